The number of hydrogen-bond donors (Lipinski definition) is 1. The first kappa shape index (κ1) is 15.6. The van der Waals surface area contributed by atoms with Gasteiger partial charge in [0.15, 0.2) is 0 Å². The fourth-order valence-corrected chi connectivity index (χ4v) is 3.92. The largest absolute Gasteiger partial charge is 0.305 e. The summed E-state index contributed by atoms with van der Waals surface area (Å²) in [7, 11) is 0. The molecular formula is C19H31N. The molecule has 0 bridgehead atoms. The van der Waals surface area contributed by atoms with Crippen LogP contribution in [0, 0.1) is 5.41 Å². The van der Waals surface area contributed by atoms with Crippen LogP contribution in [0.2, 0.25) is 0 Å². The summed E-state index contributed by atoms with van der Waals surface area (Å²) in [5.41, 5.74) is 3.63. The molecule has 0 fully saturated rings. The molecule has 1 atom stereocenters. The summed E-state index contributed by atoms with van der Waals surface area (Å²) in [5.74, 6) is 0. The fraction of sp³-hybridized carbons (Fsp3) is 0.684. The van der Waals surface area contributed by atoms with Crippen LogP contribution in [0.15, 0.2) is 24.3 Å². The van der Waals surface area contributed by atoms with E-state index < -0.39 is 0 Å². The summed E-state index contributed by atoms with van der Waals surface area (Å²) in [6.07, 6.45) is 6.37. The maximum Gasteiger partial charge on any atom is 0.0327 e. The molecule has 0 aromatic heterocycles. The zero-order chi connectivity index (χ0) is 14.8. The molecule has 0 heterocycles. The van der Waals surface area contributed by atoms with Crippen molar-refractivity contribution in [2.24, 2.45) is 5.41 Å². The smallest absolute Gasteiger partial charge is 0.0327 e. The predicted molar refractivity (Wildman–Crippen MR) is 88.0 cm³/mol. The molecule has 1 aromatic rings. The molecule has 0 spiro atoms. The van der Waals surface area contributed by atoms with E-state index in [1.165, 1.54) is 37.7 Å². The zero-order valence-corrected chi connectivity index (χ0v) is 13.9. The molecule has 0 amide bonds. The van der Waals surface area contributed by atoms with E-state index in [2.05, 4.69) is 64.2 Å². The number of benzene rings is 1. The second-order valence-corrected chi connectivity index (χ2v) is 8.26. The molecule has 0 saturated heterocycles. The highest BCUT2D eigenvalue weighted by molar-refractivity contribution is 5.31. The highest BCUT2D eigenvalue weighted by Gasteiger charge is 2.29. The Morgan fingerprint density at radius 2 is 1.75 bits per heavy atom. The van der Waals surface area contributed by atoms with E-state index in [0.717, 1.165) is 0 Å². The fourth-order valence-electron chi connectivity index (χ4n) is 3.92. The lowest BCUT2D eigenvalue weighted by Crippen LogP contribution is -2.44. The Kier molecular flexibility index (Phi) is 4.59. The summed E-state index contributed by atoms with van der Waals surface area (Å²) >= 11 is 0. The van der Waals surface area contributed by atoms with Crippen molar-refractivity contribution >= 4 is 0 Å². The third-order valence-corrected chi connectivity index (χ3v) is 4.16. The van der Waals surface area contributed by atoms with Gasteiger partial charge in [0, 0.05) is 11.6 Å². The average Bonchev–Trinajstić information content (AvgIpc) is 2.48. The van der Waals surface area contributed by atoms with Crippen LogP contribution < -0.4 is 5.32 Å². The predicted octanol–water partition coefficient (Wildman–Crippen LogP) is 5.26. The molecule has 1 N–H and O–H groups in total. The molecule has 1 aromatic carbocycles. The minimum Gasteiger partial charge on any atom is -0.305 e. The number of aryl methyl sites for hydroxylation is 1. The van der Waals surface area contributed by atoms with Gasteiger partial charge in [-0.1, -0.05) is 51.5 Å². The number of hydrogen-bond acceptors (Lipinski definition) is 1. The SMILES string of the molecule is CC(C)(C)CC(C)(C)NC1CCCCc2ccccc21. The van der Waals surface area contributed by atoms with Crippen molar-refractivity contribution in [3.8, 4) is 0 Å². The van der Waals surface area contributed by atoms with Gasteiger partial charge in [-0.15, -0.1) is 0 Å². The van der Waals surface area contributed by atoms with Gasteiger partial charge in [-0.25, -0.2) is 0 Å². The van der Waals surface area contributed by atoms with Gasteiger partial charge in [0.1, 0.15) is 0 Å². The number of fused-ring (bicyclic) bond motifs is 1. The van der Waals surface area contributed by atoms with Gasteiger partial charge in [0.2, 0.25) is 0 Å². The van der Waals surface area contributed by atoms with Crippen LogP contribution in [0.3, 0.4) is 0 Å². The second kappa shape index (κ2) is 5.89. The van der Waals surface area contributed by atoms with Crippen LogP contribution in [0.5, 0.6) is 0 Å². The van der Waals surface area contributed by atoms with Crippen molar-refractivity contribution in [3.05, 3.63) is 35.4 Å². The summed E-state index contributed by atoms with van der Waals surface area (Å²) < 4.78 is 0. The second-order valence-electron chi connectivity index (χ2n) is 8.26. The normalized spacial score (nSPS) is 20.4. The van der Waals surface area contributed by atoms with E-state index in [9.17, 15) is 0 Å². The minimum atomic E-state index is 0.181. The van der Waals surface area contributed by atoms with E-state index in [4.69, 9.17) is 0 Å². The van der Waals surface area contributed by atoms with Crippen LogP contribution in [-0.2, 0) is 6.42 Å². The number of nitrogens with one attached hydrogen (secondary N) is 1. The van der Waals surface area contributed by atoms with Gasteiger partial charge in [-0.2, -0.15) is 0 Å². The average molecular weight is 273 g/mol. The Labute approximate surface area is 125 Å². The molecule has 1 nitrogen and oxygen atoms in total. The lowest BCUT2D eigenvalue weighted by Gasteiger charge is -2.37. The standard InChI is InChI=1S/C19H31N/c1-18(2,3)14-19(4,5)20-17-13-9-7-11-15-10-6-8-12-16(15)17/h6,8,10,12,17,20H,7,9,11,13-14H2,1-5H3. The molecular weight excluding hydrogens is 242 g/mol. The van der Waals surface area contributed by atoms with Gasteiger partial charge < -0.3 is 5.32 Å². The summed E-state index contributed by atoms with van der Waals surface area (Å²) in [5, 5.41) is 3.95. The maximum atomic E-state index is 3.95. The Balaban J connectivity index is 2.16. The quantitative estimate of drug-likeness (QED) is 0.741. The topological polar surface area (TPSA) is 12.0 Å². The summed E-state index contributed by atoms with van der Waals surface area (Å²) in [6.45, 7) is 11.7. The first-order valence-electron chi connectivity index (χ1n) is 8.12. The first-order valence-corrected chi connectivity index (χ1v) is 8.12. The van der Waals surface area contributed by atoms with Crippen LogP contribution in [-0.4, -0.2) is 5.54 Å². The molecule has 0 saturated carbocycles. The van der Waals surface area contributed by atoms with Crippen molar-refractivity contribution in [2.45, 2.75) is 78.3 Å². The molecule has 0 aliphatic heterocycles. The Morgan fingerprint density at radius 3 is 2.45 bits per heavy atom. The Hall–Kier alpha value is -0.820. The van der Waals surface area contributed by atoms with E-state index in [1.807, 2.05) is 0 Å². The molecule has 0 radical (unpaired) electrons. The van der Waals surface area contributed by atoms with Crippen LogP contribution in [0.25, 0.3) is 0 Å². The molecule has 2 rings (SSSR count). The maximum absolute atomic E-state index is 3.95. The molecule has 112 valence electrons. The molecule has 1 aliphatic rings. The number of rotatable bonds is 3. The zero-order valence-electron chi connectivity index (χ0n) is 13.9. The van der Waals surface area contributed by atoms with Gasteiger partial charge >= 0.3 is 0 Å². The van der Waals surface area contributed by atoms with Crippen LogP contribution in [0.1, 0.15) is 77.5 Å². The van der Waals surface area contributed by atoms with Gasteiger partial charge in [-0.05, 0) is 56.1 Å². The lowest BCUT2D eigenvalue weighted by molar-refractivity contribution is 0.218. The van der Waals surface area contributed by atoms with E-state index in [1.54, 1.807) is 5.56 Å². The van der Waals surface area contributed by atoms with Crippen molar-refractivity contribution in [1.29, 1.82) is 0 Å². The van der Waals surface area contributed by atoms with Crippen molar-refractivity contribution in [1.82, 2.24) is 5.32 Å². The highest BCUT2D eigenvalue weighted by Crippen LogP contribution is 2.33. The third-order valence-electron chi connectivity index (χ3n) is 4.16. The van der Waals surface area contributed by atoms with Crippen molar-refractivity contribution < 1.29 is 0 Å². The molecule has 1 unspecified atom stereocenters. The molecule has 1 aliphatic carbocycles. The van der Waals surface area contributed by atoms with Crippen molar-refractivity contribution in [3.63, 3.8) is 0 Å². The van der Waals surface area contributed by atoms with Gasteiger partial charge in [0.25, 0.3) is 0 Å². The summed E-state index contributed by atoms with van der Waals surface area (Å²) in [4.78, 5) is 0. The highest BCUT2D eigenvalue weighted by atomic mass is 15.0. The minimum absolute atomic E-state index is 0.181. The van der Waals surface area contributed by atoms with Crippen LogP contribution >= 0.6 is 0 Å². The lowest BCUT2D eigenvalue weighted by atomic mass is 9.81. The monoisotopic (exact) mass is 273 g/mol. The van der Waals surface area contributed by atoms with E-state index >= 15 is 0 Å². The Morgan fingerprint density at radius 1 is 1.05 bits per heavy atom. The van der Waals surface area contributed by atoms with Gasteiger partial charge in [0.05, 0.1) is 0 Å². The van der Waals surface area contributed by atoms with Gasteiger partial charge in [-0.3, -0.25) is 0 Å². The van der Waals surface area contributed by atoms with E-state index in [-0.39, 0.29) is 5.54 Å². The van der Waals surface area contributed by atoms with Crippen molar-refractivity contribution in [2.75, 3.05) is 0 Å². The molecule has 20 heavy (non-hydrogen) atoms. The van der Waals surface area contributed by atoms with E-state index in [0.29, 0.717) is 11.5 Å². The van der Waals surface area contributed by atoms with Crippen LogP contribution in [0.4, 0.5) is 0 Å². The summed E-state index contributed by atoms with van der Waals surface area (Å²) in [6, 6.07) is 9.53. The molecule has 1 heteroatoms. The first-order chi connectivity index (χ1) is 9.27. The third kappa shape index (κ3) is 4.34. The Bertz CT molecular complexity index is 439.